The van der Waals surface area contributed by atoms with Gasteiger partial charge in [0.05, 0.1) is 16.3 Å². The first-order valence-electron chi connectivity index (χ1n) is 6.95. The van der Waals surface area contributed by atoms with Crippen molar-refractivity contribution in [1.29, 1.82) is 0 Å². The molecule has 23 heavy (non-hydrogen) atoms. The number of amides is 2. The Kier molecular flexibility index (Phi) is 5.44. The number of hydrogen-bond donors (Lipinski definition) is 2. The Labute approximate surface area is 142 Å². The molecule has 0 bridgehead atoms. The molecular weight excluding hydrogens is 364 g/mol. The lowest BCUT2D eigenvalue weighted by molar-refractivity contribution is -0.128. The van der Waals surface area contributed by atoms with Crippen LogP contribution in [-0.4, -0.2) is 17.9 Å². The van der Waals surface area contributed by atoms with Gasteiger partial charge in [0.15, 0.2) is 6.10 Å². The van der Waals surface area contributed by atoms with E-state index in [1.165, 1.54) is 12.3 Å². The summed E-state index contributed by atoms with van der Waals surface area (Å²) in [6.45, 7) is 5.21. The minimum absolute atomic E-state index is 0.361. The summed E-state index contributed by atoms with van der Waals surface area (Å²) in [4.78, 5) is 23.9. The predicted octanol–water partition coefficient (Wildman–Crippen LogP) is 2.89. The number of halogens is 1. The van der Waals surface area contributed by atoms with Gasteiger partial charge in [0.1, 0.15) is 11.5 Å². The smallest absolute Gasteiger partial charge is 0.279 e. The molecule has 1 aromatic heterocycles. The average Bonchev–Trinajstić information content (AvgIpc) is 2.93. The summed E-state index contributed by atoms with van der Waals surface area (Å²) in [6.07, 6.45) is 0.631. The van der Waals surface area contributed by atoms with Gasteiger partial charge < -0.3 is 9.15 Å². The number of benzene rings is 1. The minimum atomic E-state index is -0.778. The third-order valence-electron chi connectivity index (χ3n) is 3.16. The summed E-state index contributed by atoms with van der Waals surface area (Å²) < 4.78 is 11.4. The molecule has 0 aliphatic heterocycles. The Morgan fingerprint density at radius 1 is 1.22 bits per heavy atom. The van der Waals surface area contributed by atoms with Crippen LogP contribution in [0.25, 0.3) is 0 Å². The molecule has 2 amide bonds. The third-order valence-corrected chi connectivity index (χ3v) is 3.78. The van der Waals surface area contributed by atoms with Crippen LogP contribution in [-0.2, 0) is 4.79 Å². The summed E-state index contributed by atoms with van der Waals surface area (Å²) in [5.41, 5.74) is 6.09. The van der Waals surface area contributed by atoms with E-state index in [2.05, 4.69) is 26.8 Å². The normalized spacial score (nSPS) is 11.7. The van der Waals surface area contributed by atoms with Gasteiger partial charge in [0.25, 0.3) is 11.8 Å². The van der Waals surface area contributed by atoms with E-state index < -0.39 is 17.9 Å². The van der Waals surface area contributed by atoms with Crippen LogP contribution in [0.15, 0.2) is 39.4 Å². The Morgan fingerprint density at radius 2 is 1.96 bits per heavy atom. The SMILES string of the molecule is Cc1ccc(O[C@H](C)C(=O)NNC(=O)c2ccoc2C)c(Br)c1. The molecular formula is C16H17BrN2O4. The predicted molar refractivity (Wildman–Crippen MR) is 88.0 cm³/mol. The number of aryl methyl sites for hydroxylation is 2. The molecule has 1 heterocycles. The first-order chi connectivity index (χ1) is 10.9. The average molecular weight is 381 g/mol. The molecule has 2 rings (SSSR count). The van der Waals surface area contributed by atoms with Gasteiger partial charge in [-0.3, -0.25) is 20.4 Å². The Bertz CT molecular complexity index is 727. The fraction of sp³-hybridized carbons (Fsp3) is 0.250. The summed E-state index contributed by atoms with van der Waals surface area (Å²) in [6, 6.07) is 7.08. The van der Waals surface area contributed by atoms with Crippen molar-refractivity contribution in [2.45, 2.75) is 26.9 Å². The molecule has 2 aromatic rings. The molecule has 0 saturated heterocycles. The zero-order valence-corrected chi connectivity index (χ0v) is 14.6. The van der Waals surface area contributed by atoms with Crippen molar-refractivity contribution >= 4 is 27.7 Å². The van der Waals surface area contributed by atoms with Crippen molar-refractivity contribution in [1.82, 2.24) is 10.9 Å². The molecule has 0 spiro atoms. The van der Waals surface area contributed by atoms with E-state index in [4.69, 9.17) is 9.15 Å². The second-order valence-electron chi connectivity index (χ2n) is 5.03. The van der Waals surface area contributed by atoms with Crippen molar-refractivity contribution in [3.8, 4) is 5.75 Å². The highest BCUT2D eigenvalue weighted by molar-refractivity contribution is 9.10. The number of ether oxygens (including phenoxy) is 1. The molecule has 0 aliphatic rings. The monoisotopic (exact) mass is 380 g/mol. The zero-order chi connectivity index (χ0) is 17.0. The van der Waals surface area contributed by atoms with E-state index in [0.29, 0.717) is 17.1 Å². The van der Waals surface area contributed by atoms with E-state index >= 15 is 0 Å². The van der Waals surface area contributed by atoms with Crippen LogP contribution in [0.2, 0.25) is 0 Å². The molecule has 0 aliphatic carbocycles. The number of hydrazine groups is 1. The molecule has 0 saturated carbocycles. The number of furan rings is 1. The molecule has 6 nitrogen and oxygen atoms in total. The number of nitrogens with one attached hydrogen (secondary N) is 2. The standard InChI is InChI=1S/C16H17BrN2O4/c1-9-4-5-14(13(17)8-9)23-11(3)15(20)18-19-16(21)12-6-7-22-10(12)2/h4-8,11H,1-3H3,(H,18,20)(H,19,21)/t11-/m1/s1. The largest absolute Gasteiger partial charge is 0.480 e. The van der Waals surface area contributed by atoms with Crippen LogP contribution in [0.4, 0.5) is 0 Å². The highest BCUT2D eigenvalue weighted by Crippen LogP contribution is 2.26. The number of hydrogen-bond acceptors (Lipinski definition) is 4. The maximum atomic E-state index is 12.0. The maximum Gasteiger partial charge on any atom is 0.279 e. The Morgan fingerprint density at radius 3 is 2.57 bits per heavy atom. The molecule has 0 radical (unpaired) electrons. The number of rotatable bonds is 4. The highest BCUT2D eigenvalue weighted by atomic mass is 79.9. The van der Waals surface area contributed by atoms with Crippen LogP contribution in [0, 0.1) is 13.8 Å². The van der Waals surface area contributed by atoms with Gasteiger partial charge in [-0.15, -0.1) is 0 Å². The van der Waals surface area contributed by atoms with Crippen LogP contribution < -0.4 is 15.6 Å². The van der Waals surface area contributed by atoms with E-state index in [0.717, 1.165) is 10.0 Å². The van der Waals surface area contributed by atoms with Gasteiger partial charge in [-0.05, 0) is 60.5 Å². The van der Waals surface area contributed by atoms with Gasteiger partial charge in [0.2, 0.25) is 0 Å². The van der Waals surface area contributed by atoms with Crippen LogP contribution in [0.5, 0.6) is 5.75 Å². The molecule has 1 atom stereocenters. The van der Waals surface area contributed by atoms with Crippen molar-refractivity contribution in [2.75, 3.05) is 0 Å². The first kappa shape index (κ1) is 17.1. The topological polar surface area (TPSA) is 80.6 Å². The molecule has 0 unspecified atom stereocenters. The Balaban J connectivity index is 1.90. The lowest BCUT2D eigenvalue weighted by Crippen LogP contribution is -2.47. The van der Waals surface area contributed by atoms with Crippen molar-refractivity contribution < 1.29 is 18.7 Å². The van der Waals surface area contributed by atoms with Crippen molar-refractivity contribution in [2.24, 2.45) is 0 Å². The second-order valence-corrected chi connectivity index (χ2v) is 5.88. The van der Waals surface area contributed by atoms with Gasteiger partial charge >= 0.3 is 0 Å². The second kappa shape index (κ2) is 7.32. The molecule has 1 aromatic carbocycles. The molecule has 2 N–H and O–H groups in total. The summed E-state index contributed by atoms with van der Waals surface area (Å²) in [5, 5.41) is 0. The lowest BCUT2D eigenvalue weighted by Gasteiger charge is -2.16. The third kappa shape index (κ3) is 4.35. The van der Waals surface area contributed by atoms with Gasteiger partial charge in [-0.25, -0.2) is 0 Å². The molecule has 7 heteroatoms. The maximum absolute atomic E-state index is 12.0. The van der Waals surface area contributed by atoms with Crippen molar-refractivity contribution in [3.05, 3.63) is 51.9 Å². The van der Waals surface area contributed by atoms with Crippen LogP contribution in [0.1, 0.15) is 28.6 Å². The summed E-state index contributed by atoms with van der Waals surface area (Å²) in [5.74, 6) is 0.111. The molecule has 0 fully saturated rings. The summed E-state index contributed by atoms with van der Waals surface area (Å²) in [7, 11) is 0. The quantitative estimate of drug-likeness (QED) is 0.799. The van der Waals surface area contributed by atoms with E-state index in [1.54, 1.807) is 19.9 Å². The highest BCUT2D eigenvalue weighted by Gasteiger charge is 2.18. The zero-order valence-electron chi connectivity index (χ0n) is 13.0. The van der Waals surface area contributed by atoms with E-state index in [1.807, 2.05) is 19.1 Å². The first-order valence-corrected chi connectivity index (χ1v) is 7.75. The van der Waals surface area contributed by atoms with E-state index in [9.17, 15) is 9.59 Å². The van der Waals surface area contributed by atoms with Gasteiger partial charge in [0, 0.05) is 0 Å². The number of carbonyl (C=O) groups is 2. The van der Waals surface area contributed by atoms with Crippen molar-refractivity contribution in [3.63, 3.8) is 0 Å². The fourth-order valence-corrected chi connectivity index (χ4v) is 2.44. The molecule has 122 valence electrons. The van der Waals surface area contributed by atoms with Gasteiger partial charge in [-0.2, -0.15) is 0 Å². The fourth-order valence-electron chi connectivity index (χ4n) is 1.85. The van der Waals surface area contributed by atoms with Crippen LogP contribution in [0.3, 0.4) is 0 Å². The van der Waals surface area contributed by atoms with Crippen LogP contribution >= 0.6 is 15.9 Å². The number of carbonyl (C=O) groups excluding carboxylic acids is 2. The lowest BCUT2D eigenvalue weighted by atomic mass is 10.2. The minimum Gasteiger partial charge on any atom is -0.480 e. The van der Waals surface area contributed by atoms with E-state index in [-0.39, 0.29) is 0 Å². The summed E-state index contributed by atoms with van der Waals surface area (Å²) >= 11 is 3.38. The van der Waals surface area contributed by atoms with Gasteiger partial charge in [-0.1, -0.05) is 6.07 Å². The Hall–Kier alpha value is -2.28.